The van der Waals surface area contributed by atoms with Crippen molar-refractivity contribution >= 4 is 31.2 Å². The van der Waals surface area contributed by atoms with Crippen LogP contribution < -0.4 is 16.0 Å². The van der Waals surface area contributed by atoms with Crippen LogP contribution in [0.2, 0.25) is 0 Å². The van der Waals surface area contributed by atoms with Crippen LogP contribution in [0.1, 0.15) is 87.6 Å². The quantitative estimate of drug-likeness (QED) is 0.167. The highest BCUT2D eigenvalue weighted by Crippen LogP contribution is 2.47. The molecule has 0 aromatic heterocycles. The molecule has 3 amide bonds. The van der Waals surface area contributed by atoms with Gasteiger partial charge in [0.2, 0.25) is 19.2 Å². The molecule has 1 aromatic carbocycles. The van der Waals surface area contributed by atoms with Crippen molar-refractivity contribution in [3.8, 4) is 0 Å². The van der Waals surface area contributed by atoms with Gasteiger partial charge in [0, 0.05) is 0 Å². The first-order valence-corrected chi connectivity index (χ1v) is 16.7. The molecule has 0 saturated carbocycles. The molecule has 244 valence electrons. The number of hydrogen-bond acceptors (Lipinski definition) is 7. The molecule has 1 rings (SSSR count). The number of amides is 3. The van der Waals surface area contributed by atoms with Crippen molar-refractivity contribution in [1.29, 1.82) is 0 Å². The van der Waals surface area contributed by atoms with Gasteiger partial charge in [-0.1, -0.05) is 85.2 Å². The van der Waals surface area contributed by atoms with Crippen LogP contribution in [0.4, 0.5) is 4.79 Å². The summed E-state index contributed by atoms with van der Waals surface area (Å²) in [5, 5.41) is 8.02. The van der Waals surface area contributed by atoms with Gasteiger partial charge in [-0.05, 0) is 50.0 Å². The third-order valence-electron chi connectivity index (χ3n) is 6.66. The first kappa shape index (κ1) is 38.1. The minimum Gasteiger partial charge on any atom is -0.460 e. The normalized spacial score (nSPS) is 16.2. The minimum absolute atomic E-state index is 0.0187. The van der Waals surface area contributed by atoms with Gasteiger partial charge >= 0.3 is 12.1 Å². The second-order valence-corrected chi connectivity index (χ2v) is 16.0. The average molecular weight is 626 g/mol. The number of ether oxygens (including phenoxy) is 2. The highest BCUT2D eigenvalue weighted by atomic mass is 31.2. The fourth-order valence-electron chi connectivity index (χ4n) is 4.19. The zero-order valence-electron chi connectivity index (χ0n) is 27.4. The van der Waals surface area contributed by atoms with E-state index in [9.17, 15) is 28.6 Å². The summed E-state index contributed by atoms with van der Waals surface area (Å²) in [5.74, 6) is -3.79. The number of rotatable bonds is 14. The second-order valence-electron chi connectivity index (χ2n) is 13.5. The molecule has 0 aliphatic rings. The van der Waals surface area contributed by atoms with Crippen molar-refractivity contribution in [2.24, 2.45) is 17.3 Å². The maximum atomic E-state index is 13.6. The van der Waals surface area contributed by atoms with Crippen LogP contribution in [0.3, 0.4) is 0 Å². The molecular weight excluding hydrogens is 573 g/mol. The Morgan fingerprint density at radius 1 is 0.907 bits per heavy atom. The Labute approximate surface area is 256 Å². The van der Waals surface area contributed by atoms with E-state index in [0.29, 0.717) is 6.42 Å². The maximum absolute atomic E-state index is 13.6. The zero-order valence-corrected chi connectivity index (χ0v) is 28.2. The van der Waals surface area contributed by atoms with E-state index in [2.05, 4.69) is 16.0 Å². The number of esters is 1. The molecule has 0 bridgehead atoms. The number of alkyl carbamates (subject to hydrolysis) is 1. The van der Waals surface area contributed by atoms with E-state index in [0.717, 1.165) is 5.56 Å². The molecule has 0 spiro atoms. The van der Waals surface area contributed by atoms with E-state index in [-0.39, 0.29) is 24.9 Å². The first-order valence-electron chi connectivity index (χ1n) is 14.8. The van der Waals surface area contributed by atoms with E-state index >= 15 is 0 Å². The van der Waals surface area contributed by atoms with E-state index in [1.165, 1.54) is 0 Å². The first-order chi connectivity index (χ1) is 19.7. The van der Waals surface area contributed by atoms with Gasteiger partial charge in [-0.2, -0.15) is 0 Å². The van der Waals surface area contributed by atoms with Crippen molar-refractivity contribution in [2.45, 2.75) is 112 Å². The zero-order chi connectivity index (χ0) is 33.2. The van der Waals surface area contributed by atoms with Gasteiger partial charge < -0.3 is 30.3 Å². The maximum Gasteiger partial charge on any atom is 0.408 e. The van der Waals surface area contributed by atoms with Gasteiger partial charge in [-0.25, -0.2) is 4.79 Å². The van der Waals surface area contributed by atoms with E-state index < -0.39 is 66.3 Å². The Hall–Kier alpha value is -2.91. The van der Waals surface area contributed by atoms with Crippen LogP contribution >= 0.6 is 7.37 Å². The van der Waals surface area contributed by atoms with Crippen molar-refractivity contribution in [3.05, 3.63) is 35.9 Å². The highest BCUT2D eigenvalue weighted by molar-refractivity contribution is 7.59. The smallest absolute Gasteiger partial charge is 0.408 e. The van der Waals surface area contributed by atoms with Crippen LogP contribution in [0, 0.1) is 17.3 Å². The predicted octanol–water partition coefficient (Wildman–Crippen LogP) is 4.96. The SMILES string of the molecule is CC[C@H](C)[C@H](NC(=O)[C@@H](NC(=O)OCc1ccccc1)C(C)(C)C)C(=O)NC(CC(C)C)P(=O)(O)CC(=O)OC(C)(C)C. The summed E-state index contributed by atoms with van der Waals surface area (Å²) in [7, 11) is -4.26. The second kappa shape index (κ2) is 16.2. The average Bonchev–Trinajstić information content (AvgIpc) is 2.86. The summed E-state index contributed by atoms with van der Waals surface area (Å²) in [6.45, 7) is 17.6. The molecule has 1 aromatic rings. The molecule has 4 N–H and O–H groups in total. The van der Waals surface area contributed by atoms with Crippen molar-refractivity contribution in [2.75, 3.05) is 6.16 Å². The molecule has 43 heavy (non-hydrogen) atoms. The third-order valence-corrected chi connectivity index (χ3v) is 8.69. The Bertz CT molecular complexity index is 1130. The molecule has 5 atom stereocenters. The van der Waals surface area contributed by atoms with Gasteiger partial charge in [-0.3, -0.25) is 18.9 Å². The minimum atomic E-state index is -4.26. The Kier molecular flexibility index (Phi) is 14.4. The summed E-state index contributed by atoms with van der Waals surface area (Å²) in [5.41, 5.74) is -0.807. The topological polar surface area (TPSA) is 160 Å². The van der Waals surface area contributed by atoms with Crippen LogP contribution in [-0.4, -0.2) is 58.4 Å². The molecule has 0 aliphatic carbocycles. The van der Waals surface area contributed by atoms with Crippen LogP contribution in [0.25, 0.3) is 0 Å². The van der Waals surface area contributed by atoms with Gasteiger partial charge in [0.1, 0.15) is 36.2 Å². The third kappa shape index (κ3) is 13.9. The fraction of sp³-hybridized carbons (Fsp3) is 0.677. The lowest BCUT2D eigenvalue weighted by atomic mass is 9.85. The molecule has 0 fully saturated rings. The molecule has 11 nitrogen and oxygen atoms in total. The van der Waals surface area contributed by atoms with E-state index in [1.807, 2.05) is 51.1 Å². The van der Waals surface area contributed by atoms with Crippen LogP contribution in [0.5, 0.6) is 0 Å². The molecule has 2 unspecified atom stereocenters. The summed E-state index contributed by atoms with van der Waals surface area (Å²) < 4.78 is 23.9. The number of benzene rings is 1. The molecule has 0 saturated heterocycles. The molecule has 0 heterocycles. The molecule has 0 radical (unpaired) electrons. The lowest BCUT2D eigenvalue weighted by Crippen LogP contribution is -2.59. The van der Waals surface area contributed by atoms with Gasteiger partial charge in [-0.15, -0.1) is 0 Å². The number of carbonyl (C=O) groups excluding carboxylic acids is 4. The molecule has 0 aliphatic heterocycles. The standard InChI is InChI=1S/C31H52N3O8P/c1-11-21(4)25(27(36)32-23(17-20(2)3)43(39,40)19-24(35)42-31(8,9)10)33-28(37)26(30(5,6)7)34-29(38)41-18-22-15-13-12-14-16-22/h12-16,20-21,23,25-26H,11,17-19H2,1-10H3,(H,32,36)(H,33,37)(H,34,38)(H,39,40)/t21-,23?,25-,26+/m0/s1. The summed E-state index contributed by atoms with van der Waals surface area (Å²) >= 11 is 0. The Balaban J connectivity index is 3.13. The Morgan fingerprint density at radius 2 is 1.49 bits per heavy atom. The van der Waals surface area contributed by atoms with Crippen molar-refractivity contribution < 1.29 is 38.1 Å². The van der Waals surface area contributed by atoms with Gasteiger partial charge in [0.25, 0.3) is 0 Å². The lowest BCUT2D eigenvalue weighted by Gasteiger charge is -2.33. The number of nitrogens with one attached hydrogen (secondary N) is 3. The monoisotopic (exact) mass is 625 g/mol. The fourth-order valence-corrected chi connectivity index (χ4v) is 5.93. The summed E-state index contributed by atoms with van der Waals surface area (Å²) in [6, 6.07) is 6.96. The Morgan fingerprint density at radius 3 is 1.98 bits per heavy atom. The lowest BCUT2D eigenvalue weighted by molar-refractivity contribution is -0.151. The van der Waals surface area contributed by atoms with E-state index in [4.69, 9.17) is 9.47 Å². The number of carbonyl (C=O) groups is 4. The summed E-state index contributed by atoms with van der Waals surface area (Å²) in [6.07, 6.45) is -0.912. The summed E-state index contributed by atoms with van der Waals surface area (Å²) in [4.78, 5) is 63.1. The molecule has 12 heteroatoms. The highest BCUT2D eigenvalue weighted by Gasteiger charge is 2.40. The van der Waals surface area contributed by atoms with Crippen LogP contribution in [-0.2, 0) is 35.0 Å². The largest absolute Gasteiger partial charge is 0.460 e. The number of hydrogen-bond donors (Lipinski definition) is 4. The van der Waals surface area contributed by atoms with Crippen molar-refractivity contribution in [1.82, 2.24) is 16.0 Å². The molecular formula is C31H52N3O8P. The van der Waals surface area contributed by atoms with Gasteiger partial charge in [0.15, 0.2) is 0 Å². The van der Waals surface area contributed by atoms with Gasteiger partial charge in [0.05, 0.1) is 0 Å². The predicted molar refractivity (Wildman–Crippen MR) is 166 cm³/mol. The van der Waals surface area contributed by atoms with Crippen molar-refractivity contribution in [3.63, 3.8) is 0 Å². The van der Waals surface area contributed by atoms with E-state index in [1.54, 1.807) is 48.5 Å². The van der Waals surface area contributed by atoms with Crippen LogP contribution in [0.15, 0.2) is 30.3 Å².